The molecule has 0 radical (unpaired) electrons. The summed E-state index contributed by atoms with van der Waals surface area (Å²) in [6, 6.07) is 4.18. The maximum atomic E-state index is 12.4. The molecule has 0 aliphatic carbocycles. The highest BCUT2D eigenvalue weighted by molar-refractivity contribution is 7.91. The van der Waals surface area contributed by atoms with Crippen molar-refractivity contribution in [2.24, 2.45) is 0 Å². The summed E-state index contributed by atoms with van der Waals surface area (Å²) in [4.78, 5) is 25.1. The molecule has 1 aromatic carbocycles. The van der Waals surface area contributed by atoms with Gasteiger partial charge in [-0.3, -0.25) is 0 Å². The minimum Gasteiger partial charge on any atom is -0.483 e. The second kappa shape index (κ2) is 8.79. The summed E-state index contributed by atoms with van der Waals surface area (Å²) in [5.41, 5.74) is 3.22. The summed E-state index contributed by atoms with van der Waals surface area (Å²) in [5.74, 6) is 2.53. The van der Waals surface area contributed by atoms with E-state index in [0.29, 0.717) is 37.8 Å². The molecule has 2 aromatic rings. The van der Waals surface area contributed by atoms with Gasteiger partial charge in [-0.05, 0) is 51.8 Å². The van der Waals surface area contributed by atoms with Crippen LogP contribution in [0.2, 0.25) is 0 Å². The lowest BCUT2D eigenvalue weighted by Crippen LogP contribution is -2.50. The van der Waals surface area contributed by atoms with E-state index >= 15 is 0 Å². The molecule has 1 unspecified atom stereocenters. The second-order valence-corrected chi connectivity index (χ2v) is 13.1. The van der Waals surface area contributed by atoms with Crippen LogP contribution in [0.15, 0.2) is 18.5 Å². The number of aromatic nitrogens is 2. The Balaban J connectivity index is 1.39. The number of hydrogen-bond donors (Lipinski definition) is 1. The minimum absolute atomic E-state index is 0.110. The quantitative estimate of drug-likeness (QED) is 0.641. The maximum Gasteiger partial charge on any atom is 0.410 e. The first-order valence-corrected chi connectivity index (χ1v) is 14.1. The van der Waals surface area contributed by atoms with Crippen LogP contribution in [0, 0.1) is 6.92 Å². The number of anilines is 3. The van der Waals surface area contributed by atoms with Crippen molar-refractivity contribution in [3.05, 3.63) is 35.2 Å². The molecule has 10 nitrogen and oxygen atoms in total. The van der Waals surface area contributed by atoms with Gasteiger partial charge in [0, 0.05) is 32.1 Å². The zero-order chi connectivity index (χ0) is 25.8. The molecule has 1 aromatic heterocycles. The van der Waals surface area contributed by atoms with Gasteiger partial charge in [-0.15, -0.1) is 0 Å². The van der Waals surface area contributed by atoms with E-state index in [2.05, 4.69) is 27.4 Å². The predicted octanol–water partition coefficient (Wildman–Crippen LogP) is 3.55. The minimum atomic E-state index is -3.01. The lowest BCUT2D eigenvalue weighted by molar-refractivity contribution is 0.00819. The van der Waals surface area contributed by atoms with Gasteiger partial charge in [-0.1, -0.05) is 6.07 Å². The first-order valence-electron chi connectivity index (χ1n) is 12.3. The fraction of sp³-hybridized carbons (Fsp3) is 0.560. The van der Waals surface area contributed by atoms with Gasteiger partial charge in [-0.25, -0.2) is 23.2 Å². The van der Waals surface area contributed by atoms with Crippen molar-refractivity contribution < 1.29 is 22.7 Å². The zero-order valence-electron chi connectivity index (χ0n) is 21.4. The van der Waals surface area contributed by atoms with Gasteiger partial charge in [0.15, 0.2) is 9.84 Å². The zero-order valence-corrected chi connectivity index (χ0v) is 22.2. The van der Waals surface area contributed by atoms with Crippen LogP contribution in [-0.2, 0) is 14.6 Å². The number of nitrogens with one attached hydrogen (secondary N) is 1. The highest BCUT2D eigenvalue weighted by atomic mass is 32.2. The van der Waals surface area contributed by atoms with Gasteiger partial charge in [-0.2, -0.15) is 0 Å². The first-order chi connectivity index (χ1) is 16.9. The lowest BCUT2D eigenvalue weighted by atomic mass is 9.90. The number of hydrogen-bond acceptors (Lipinski definition) is 9. The molecule has 2 saturated heterocycles. The molecule has 0 saturated carbocycles. The lowest BCUT2D eigenvalue weighted by Gasteiger charge is -2.40. The average Bonchev–Trinajstić information content (AvgIpc) is 2.88. The number of likely N-dealkylation sites (tertiary alicyclic amines) is 1. The first kappa shape index (κ1) is 24.6. The predicted molar refractivity (Wildman–Crippen MR) is 137 cm³/mol. The Morgan fingerprint density at radius 2 is 1.86 bits per heavy atom. The largest absolute Gasteiger partial charge is 0.483 e. The topological polar surface area (TPSA) is 114 Å². The van der Waals surface area contributed by atoms with Crippen molar-refractivity contribution in [1.29, 1.82) is 0 Å². The summed E-state index contributed by atoms with van der Waals surface area (Å²) in [6.45, 7) is 11.6. The molecule has 0 bridgehead atoms. The van der Waals surface area contributed by atoms with Crippen molar-refractivity contribution in [2.75, 3.05) is 47.9 Å². The summed E-state index contributed by atoms with van der Waals surface area (Å²) in [7, 11) is -3.01. The van der Waals surface area contributed by atoms with Crippen LogP contribution in [0.25, 0.3) is 0 Å². The molecule has 3 aliphatic heterocycles. The van der Waals surface area contributed by atoms with Gasteiger partial charge < -0.3 is 24.6 Å². The smallest absolute Gasteiger partial charge is 0.410 e. The molecule has 0 spiro atoms. The maximum absolute atomic E-state index is 12.4. The number of nitrogens with zero attached hydrogens (tertiary/aromatic N) is 4. The van der Waals surface area contributed by atoms with E-state index in [0.717, 1.165) is 28.1 Å². The van der Waals surface area contributed by atoms with Crippen LogP contribution < -0.4 is 15.0 Å². The van der Waals surface area contributed by atoms with Crippen LogP contribution in [0.3, 0.4) is 0 Å². The fourth-order valence-electron chi connectivity index (χ4n) is 4.85. The van der Waals surface area contributed by atoms with Crippen molar-refractivity contribution in [3.63, 3.8) is 0 Å². The molecule has 194 valence electrons. The van der Waals surface area contributed by atoms with Gasteiger partial charge >= 0.3 is 6.09 Å². The Morgan fingerprint density at radius 1 is 1.17 bits per heavy atom. The van der Waals surface area contributed by atoms with E-state index in [-0.39, 0.29) is 29.6 Å². The number of rotatable bonds is 2. The molecule has 4 heterocycles. The van der Waals surface area contributed by atoms with Crippen LogP contribution in [0.4, 0.5) is 22.1 Å². The van der Waals surface area contributed by atoms with Crippen LogP contribution in [0.5, 0.6) is 5.75 Å². The molecule has 11 heteroatoms. The number of benzene rings is 1. The van der Waals surface area contributed by atoms with Crippen molar-refractivity contribution in [2.45, 2.75) is 52.2 Å². The van der Waals surface area contributed by atoms with Crippen molar-refractivity contribution in [3.8, 4) is 5.75 Å². The summed E-state index contributed by atoms with van der Waals surface area (Å²) in [6.07, 6.45) is 0.882. The molecule has 1 N–H and O–H groups in total. The van der Waals surface area contributed by atoms with E-state index < -0.39 is 15.4 Å². The van der Waals surface area contributed by atoms with Crippen LogP contribution in [0.1, 0.15) is 56.4 Å². The summed E-state index contributed by atoms with van der Waals surface area (Å²) >= 11 is 0. The molecule has 1 amide bonds. The number of aryl methyl sites for hydroxylation is 1. The number of ether oxygens (including phenoxy) is 2. The summed E-state index contributed by atoms with van der Waals surface area (Å²) in [5, 5.41) is 3.45. The standard InChI is InChI=1S/C25H33N5O5S/c1-15-10-17(18-12-30(13-18)24(31)35-25(3,4)5)11-19-21(15)34-16(2)20-22(28-19)26-14-27-23(20)29-6-8-36(32,33)9-7-29/h10-11,14,16,18H,6-9,12-13H2,1-5H3,(H,26,27,28). The average molecular weight is 516 g/mol. The molecule has 36 heavy (non-hydrogen) atoms. The third kappa shape index (κ3) is 4.80. The number of sulfone groups is 1. The van der Waals surface area contributed by atoms with E-state index in [9.17, 15) is 13.2 Å². The Hall–Kier alpha value is -3.08. The Bertz CT molecular complexity index is 1290. The van der Waals surface area contributed by atoms with Crippen LogP contribution >= 0.6 is 0 Å². The Kier molecular flexibility index (Phi) is 6.01. The van der Waals surface area contributed by atoms with Gasteiger partial charge in [0.1, 0.15) is 35.4 Å². The van der Waals surface area contributed by atoms with E-state index in [4.69, 9.17) is 9.47 Å². The molecular weight excluding hydrogens is 482 g/mol. The fourth-order valence-corrected chi connectivity index (χ4v) is 6.05. The second-order valence-electron chi connectivity index (χ2n) is 10.8. The molecule has 3 aliphatic rings. The van der Waals surface area contributed by atoms with Crippen LogP contribution in [-0.4, -0.2) is 72.7 Å². The Morgan fingerprint density at radius 3 is 2.53 bits per heavy atom. The highest BCUT2D eigenvalue weighted by Crippen LogP contribution is 2.44. The van der Waals surface area contributed by atoms with E-state index in [1.165, 1.54) is 6.33 Å². The third-order valence-electron chi connectivity index (χ3n) is 6.76. The molecular formula is C25H33N5O5S. The Labute approximate surface area is 211 Å². The van der Waals surface area contributed by atoms with E-state index in [1.54, 1.807) is 4.90 Å². The number of carbonyl (C=O) groups is 1. The van der Waals surface area contributed by atoms with Crippen molar-refractivity contribution in [1.82, 2.24) is 14.9 Å². The van der Waals surface area contributed by atoms with E-state index in [1.807, 2.05) is 39.5 Å². The normalized spacial score (nSPS) is 21.3. The SMILES string of the molecule is Cc1cc(C2CN(C(=O)OC(C)(C)C)C2)cc2c1OC(C)c1c(ncnc1N1CCS(=O)(=O)CC1)N2. The monoisotopic (exact) mass is 515 g/mol. The highest BCUT2D eigenvalue weighted by Gasteiger charge is 2.36. The number of fused-ring (bicyclic) bond motifs is 2. The summed E-state index contributed by atoms with van der Waals surface area (Å²) < 4.78 is 35.8. The van der Waals surface area contributed by atoms with Gasteiger partial charge in [0.2, 0.25) is 0 Å². The number of amides is 1. The number of carbonyl (C=O) groups excluding carboxylic acids is 1. The van der Waals surface area contributed by atoms with Crippen molar-refractivity contribution >= 4 is 33.3 Å². The third-order valence-corrected chi connectivity index (χ3v) is 8.37. The molecule has 5 rings (SSSR count). The van der Waals surface area contributed by atoms with Gasteiger partial charge in [0.05, 0.1) is 22.8 Å². The molecule has 1 atom stereocenters. The molecule has 2 fully saturated rings. The van der Waals surface area contributed by atoms with Gasteiger partial charge in [0.25, 0.3) is 0 Å².